The average Bonchev–Trinajstić information content (AvgIpc) is 1.61. The number of thioether (sulfide) groups is 2. The molecular weight excluding hydrogens is 1210 g/mol. The zero-order valence-electron chi connectivity index (χ0n) is 49.5. The molecule has 2 heterocycles. The highest BCUT2D eigenvalue weighted by Crippen LogP contribution is 2.41. The highest BCUT2D eigenvalue weighted by atomic mass is 32.2. The summed E-state index contributed by atoms with van der Waals surface area (Å²) in [5.41, 5.74) is 6.57. The van der Waals surface area contributed by atoms with E-state index in [1.54, 1.807) is 31.0 Å². The summed E-state index contributed by atoms with van der Waals surface area (Å²) in [6.07, 6.45) is 0.666. The standard InChI is InChI=1S/C56H75F2N9O12S2.C2HF3O2/c1-34(2)50(64-44(68)16-11-8-12-23-66-47(71)19-20-48(66)72)53(75)62-35(3)52(74)60-22-13-24-67(49(73)33-80-25-21-45(69)63-42(55(78)79)28-61-46(70)32-81-31-41(59)54(76)77)51(56(4,5)6)43-26-37(39-27-38(57)17-18-40(39)58)30-65(43)29-36-14-9-7-10-15-36;3-2(4,5)1(6)7/h7,9-10,14-15,17-20,26-27,30,34-35,41-42,50-51H,8,11-13,16,21-25,28-29,31-33,59H2,1-6H3,(H,60,74)(H,61,70)(H,62,75)(H,63,69)(H,64,68)(H,76,77)(H,78,79);(H,6,7). The van der Waals surface area contributed by atoms with Crippen molar-refractivity contribution in [3.8, 4) is 11.1 Å². The van der Waals surface area contributed by atoms with Gasteiger partial charge in [-0.25, -0.2) is 18.4 Å². The Bertz CT molecular complexity index is 2940. The number of amides is 8. The predicted octanol–water partition coefficient (Wildman–Crippen LogP) is 4.62. The van der Waals surface area contributed by atoms with Crippen molar-refractivity contribution in [2.75, 3.05) is 49.2 Å². The maximum atomic E-state index is 15.4. The largest absolute Gasteiger partial charge is 0.490 e. The van der Waals surface area contributed by atoms with Crippen molar-refractivity contribution in [3.05, 3.63) is 95.8 Å². The second-order valence-electron chi connectivity index (χ2n) is 21.7. The summed E-state index contributed by atoms with van der Waals surface area (Å²) in [4.78, 5) is 138. The Morgan fingerprint density at radius 1 is 0.727 bits per heavy atom. The van der Waals surface area contributed by atoms with Crippen molar-refractivity contribution >= 4 is 88.7 Å². The van der Waals surface area contributed by atoms with Crippen LogP contribution in [-0.4, -0.2) is 174 Å². The van der Waals surface area contributed by atoms with E-state index in [2.05, 4.69) is 26.6 Å². The molecule has 2 aromatic carbocycles. The lowest BCUT2D eigenvalue weighted by molar-refractivity contribution is -0.192. The lowest BCUT2D eigenvalue weighted by atomic mass is 9.83. The Morgan fingerprint density at radius 2 is 1.36 bits per heavy atom. The number of hydrogen-bond donors (Lipinski definition) is 9. The number of imide groups is 1. The summed E-state index contributed by atoms with van der Waals surface area (Å²) in [7, 11) is 0. The van der Waals surface area contributed by atoms with Gasteiger partial charge in [-0.3, -0.25) is 48.1 Å². The van der Waals surface area contributed by atoms with Gasteiger partial charge in [0.15, 0.2) is 0 Å². The number of nitrogens with two attached hydrogens (primary N) is 1. The first-order valence-corrected chi connectivity index (χ1v) is 30.1. The molecule has 0 saturated carbocycles. The van der Waals surface area contributed by atoms with Crippen LogP contribution in [0.5, 0.6) is 0 Å². The predicted molar refractivity (Wildman–Crippen MR) is 317 cm³/mol. The van der Waals surface area contributed by atoms with Crippen LogP contribution in [0.1, 0.15) is 97.4 Å². The lowest BCUT2D eigenvalue weighted by Gasteiger charge is -2.41. The Morgan fingerprint density at radius 3 is 1.95 bits per heavy atom. The van der Waals surface area contributed by atoms with Gasteiger partial charge in [-0.1, -0.05) is 71.4 Å². The highest BCUT2D eigenvalue weighted by Gasteiger charge is 2.39. The fraction of sp³-hybridized carbons (Fsp3) is 0.500. The van der Waals surface area contributed by atoms with Gasteiger partial charge in [-0.05, 0) is 67.3 Å². The number of aromatic nitrogens is 1. The molecule has 0 fully saturated rings. The molecule has 1 aliphatic rings. The highest BCUT2D eigenvalue weighted by molar-refractivity contribution is 8.00. The molecule has 1 aromatic heterocycles. The smallest absolute Gasteiger partial charge is 0.480 e. The monoisotopic (exact) mass is 1280 g/mol. The van der Waals surface area contributed by atoms with Crippen molar-refractivity contribution < 1.29 is 90.0 Å². The number of carbonyl (C=O) groups excluding carboxylic acids is 8. The number of aliphatic carboxylic acids is 3. The molecule has 23 nitrogen and oxygen atoms in total. The maximum absolute atomic E-state index is 15.4. The Balaban J connectivity index is 0.00000272. The SMILES string of the molecule is CC(NC(=O)C(NC(=O)CCCCCN1C(=O)C=CC1=O)C(C)C)C(=O)NCCCN(C(=O)CSCCC(=O)NC(CNC(=O)CSCC(N)C(=O)O)C(=O)O)C(c1cc(-c2cc(F)ccc2F)cn1Cc1ccccc1)C(C)(C)C.O=C(O)C(F)(F)F. The van der Waals surface area contributed by atoms with Gasteiger partial charge in [0.05, 0.1) is 17.5 Å². The average molecular weight is 1280 g/mol. The number of rotatable bonds is 34. The number of benzene rings is 2. The van der Waals surface area contributed by atoms with E-state index >= 15 is 4.39 Å². The third-order valence-corrected chi connectivity index (χ3v) is 15.1. The van der Waals surface area contributed by atoms with Crippen LogP contribution < -0.4 is 32.3 Å². The van der Waals surface area contributed by atoms with Gasteiger partial charge >= 0.3 is 24.1 Å². The molecule has 8 amide bonds. The number of halogens is 5. The van der Waals surface area contributed by atoms with Gasteiger partial charge in [0.2, 0.25) is 35.4 Å². The molecule has 484 valence electrons. The first-order chi connectivity index (χ1) is 41.2. The molecule has 1 aliphatic heterocycles. The lowest BCUT2D eigenvalue weighted by Crippen LogP contribution is -2.54. The molecule has 4 rings (SSSR count). The Hall–Kier alpha value is -7.86. The number of carboxylic acids is 3. The summed E-state index contributed by atoms with van der Waals surface area (Å²) in [5.74, 6) is -11.3. The van der Waals surface area contributed by atoms with Crippen LogP contribution in [0.2, 0.25) is 0 Å². The summed E-state index contributed by atoms with van der Waals surface area (Å²) in [6, 6.07) is 8.88. The van der Waals surface area contributed by atoms with Crippen LogP contribution in [0.15, 0.2) is 72.9 Å². The summed E-state index contributed by atoms with van der Waals surface area (Å²) >= 11 is 2.05. The minimum atomic E-state index is -5.08. The summed E-state index contributed by atoms with van der Waals surface area (Å²) in [6.45, 7) is 10.9. The number of carboxylic acid groups (broad SMARTS) is 3. The van der Waals surface area contributed by atoms with E-state index < -0.39 is 102 Å². The molecule has 0 spiro atoms. The van der Waals surface area contributed by atoms with Crippen LogP contribution in [0.25, 0.3) is 11.1 Å². The molecule has 0 saturated heterocycles. The van der Waals surface area contributed by atoms with Crippen molar-refractivity contribution in [2.24, 2.45) is 17.1 Å². The normalized spacial score (nSPS) is 13.9. The van der Waals surface area contributed by atoms with Gasteiger partial charge in [-0.2, -0.15) is 24.9 Å². The number of nitrogens with zero attached hydrogens (tertiary/aromatic N) is 3. The van der Waals surface area contributed by atoms with E-state index in [1.807, 2.05) is 55.7 Å². The van der Waals surface area contributed by atoms with Crippen LogP contribution in [0.3, 0.4) is 0 Å². The topological polar surface area (TPSA) is 346 Å². The van der Waals surface area contributed by atoms with Gasteiger partial charge in [0, 0.05) is 92.2 Å². The van der Waals surface area contributed by atoms with Gasteiger partial charge in [0.25, 0.3) is 11.8 Å². The fourth-order valence-corrected chi connectivity index (χ4v) is 10.3. The molecule has 0 bridgehead atoms. The number of unbranched alkanes of at least 4 members (excludes halogenated alkanes) is 2. The van der Waals surface area contributed by atoms with Gasteiger partial charge in [0.1, 0.15) is 35.8 Å². The van der Waals surface area contributed by atoms with Crippen molar-refractivity contribution in [2.45, 2.75) is 123 Å². The molecule has 0 radical (unpaired) electrons. The van der Waals surface area contributed by atoms with Gasteiger partial charge < -0.3 is 57.1 Å². The van der Waals surface area contributed by atoms with E-state index in [0.717, 1.165) is 52.2 Å². The zero-order valence-corrected chi connectivity index (χ0v) is 51.1. The van der Waals surface area contributed by atoms with E-state index in [4.69, 9.17) is 20.7 Å². The van der Waals surface area contributed by atoms with Crippen LogP contribution in [0.4, 0.5) is 22.0 Å². The minimum absolute atomic E-state index is 0.0102. The Kier molecular flexibility index (Phi) is 30.3. The van der Waals surface area contributed by atoms with Crippen molar-refractivity contribution in [1.82, 2.24) is 41.0 Å². The molecule has 5 unspecified atom stereocenters. The van der Waals surface area contributed by atoms with E-state index in [1.165, 1.54) is 19.1 Å². The molecule has 0 aliphatic carbocycles. The van der Waals surface area contributed by atoms with Crippen molar-refractivity contribution in [3.63, 3.8) is 0 Å². The van der Waals surface area contributed by atoms with Crippen LogP contribution in [-0.2, 0) is 59.3 Å². The first kappa shape index (κ1) is 74.4. The molecule has 30 heteroatoms. The number of carbonyl (C=O) groups is 11. The second kappa shape index (κ2) is 35.8. The second-order valence-corrected chi connectivity index (χ2v) is 23.8. The van der Waals surface area contributed by atoms with E-state index in [0.29, 0.717) is 37.1 Å². The molecule has 10 N–H and O–H groups in total. The molecule has 3 aromatic rings. The van der Waals surface area contributed by atoms with Gasteiger partial charge in [-0.15, -0.1) is 11.8 Å². The quantitative estimate of drug-likeness (QED) is 0.0224. The van der Waals surface area contributed by atoms with Crippen LogP contribution in [0, 0.1) is 23.0 Å². The number of alkyl halides is 3. The molecular formula is C58H76F5N9O14S2. The van der Waals surface area contributed by atoms with E-state index in [-0.39, 0.29) is 97.0 Å². The van der Waals surface area contributed by atoms with Crippen molar-refractivity contribution in [1.29, 1.82) is 0 Å². The number of hydrogen-bond acceptors (Lipinski definition) is 14. The van der Waals surface area contributed by atoms with E-state index in [9.17, 15) is 70.6 Å². The molecule has 5 atom stereocenters. The maximum Gasteiger partial charge on any atom is 0.490 e. The first-order valence-electron chi connectivity index (χ1n) is 27.8. The minimum Gasteiger partial charge on any atom is -0.480 e. The van der Waals surface area contributed by atoms with Crippen LogP contribution >= 0.6 is 23.5 Å². The summed E-state index contributed by atoms with van der Waals surface area (Å²) < 4.78 is 63.7. The fourth-order valence-electron chi connectivity index (χ4n) is 8.65. The number of nitrogens with one attached hydrogen (secondary N) is 5. The molecule has 88 heavy (non-hydrogen) atoms. The summed E-state index contributed by atoms with van der Waals surface area (Å²) in [5, 5.41) is 38.8. The Labute approximate surface area is 513 Å². The third kappa shape index (κ3) is 25.5. The zero-order chi connectivity index (χ0) is 66.1. The third-order valence-electron chi connectivity index (χ3n) is 13.1.